The van der Waals surface area contributed by atoms with Gasteiger partial charge >= 0.3 is 0 Å². The lowest BCUT2D eigenvalue weighted by molar-refractivity contribution is -0.117. The van der Waals surface area contributed by atoms with E-state index >= 15 is 0 Å². The lowest BCUT2D eigenvalue weighted by atomic mass is 10.1. The van der Waals surface area contributed by atoms with Crippen molar-refractivity contribution >= 4 is 22.6 Å². The molecule has 1 aliphatic heterocycles. The van der Waals surface area contributed by atoms with Gasteiger partial charge in [0.05, 0.1) is 17.6 Å². The van der Waals surface area contributed by atoms with E-state index in [0.717, 1.165) is 39.4 Å². The number of rotatable bonds is 6. The summed E-state index contributed by atoms with van der Waals surface area (Å²) >= 11 is 0. The second-order valence-electron chi connectivity index (χ2n) is 8.42. The zero-order valence-electron chi connectivity index (χ0n) is 18.5. The molecule has 1 atom stereocenters. The maximum Gasteiger partial charge on any atom is 0.227 e. The Bertz CT molecular complexity index is 1280. The summed E-state index contributed by atoms with van der Waals surface area (Å²) in [5, 5.41) is 0. The third-order valence-electron chi connectivity index (χ3n) is 6.25. The number of ether oxygens (including phenoxy) is 1. The van der Waals surface area contributed by atoms with Gasteiger partial charge in [-0.1, -0.05) is 48.5 Å². The van der Waals surface area contributed by atoms with E-state index in [2.05, 4.69) is 23.6 Å². The van der Waals surface area contributed by atoms with Crippen LogP contribution in [-0.4, -0.2) is 28.6 Å². The smallest absolute Gasteiger partial charge is 0.227 e. The summed E-state index contributed by atoms with van der Waals surface area (Å²) in [6.45, 7) is 5.97. The first-order valence-corrected chi connectivity index (χ1v) is 11.1. The van der Waals surface area contributed by atoms with Crippen LogP contribution in [0.4, 0.5) is 5.69 Å². The van der Waals surface area contributed by atoms with E-state index in [1.54, 1.807) is 0 Å². The summed E-state index contributed by atoms with van der Waals surface area (Å²) in [7, 11) is 0. The Kier molecular flexibility index (Phi) is 5.39. The molecule has 32 heavy (non-hydrogen) atoms. The fraction of sp³-hybridized carbons (Fsp3) is 0.259. The number of amides is 1. The fourth-order valence-electron chi connectivity index (χ4n) is 4.59. The minimum atomic E-state index is 0.0490. The van der Waals surface area contributed by atoms with Crippen LogP contribution < -0.4 is 9.64 Å². The van der Waals surface area contributed by atoms with Crippen LogP contribution >= 0.6 is 0 Å². The van der Waals surface area contributed by atoms with Gasteiger partial charge in [0.1, 0.15) is 18.2 Å². The molecule has 0 spiro atoms. The van der Waals surface area contributed by atoms with Gasteiger partial charge in [-0.3, -0.25) is 4.79 Å². The van der Waals surface area contributed by atoms with Gasteiger partial charge < -0.3 is 14.2 Å². The summed E-state index contributed by atoms with van der Waals surface area (Å²) in [5.41, 5.74) is 5.27. The normalized spacial score (nSPS) is 16.1. The van der Waals surface area contributed by atoms with E-state index in [1.807, 2.05) is 72.5 Å². The van der Waals surface area contributed by atoms with Crippen molar-refractivity contribution in [3.8, 4) is 5.75 Å². The summed E-state index contributed by atoms with van der Waals surface area (Å²) in [6, 6.07) is 24.3. The molecule has 5 rings (SSSR count). The molecule has 1 aromatic heterocycles. The van der Waals surface area contributed by atoms with Crippen LogP contribution in [0.15, 0.2) is 72.8 Å². The molecule has 5 nitrogen and oxygen atoms in total. The third kappa shape index (κ3) is 3.75. The predicted octanol–water partition coefficient (Wildman–Crippen LogP) is 5.25. The number of aryl methyl sites for hydroxylation is 2. The van der Waals surface area contributed by atoms with Crippen LogP contribution in [0.2, 0.25) is 0 Å². The molecule has 162 valence electrons. The lowest BCUT2D eigenvalue weighted by Gasteiger charge is -2.19. The number of benzene rings is 3. The SMILES string of the molecule is Cc1ccccc1OCCn1c([C@H]2CC(=O)N(c3ccccc3C)C2)nc2ccccc21. The Hall–Kier alpha value is -3.60. The summed E-state index contributed by atoms with van der Waals surface area (Å²) in [5.74, 6) is 2.07. The third-order valence-corrected chi connectivity index (χ3v) is 6.25. The van der Waals surface area contributed by atoms with Crippen molar-refractivity contribution in [3.63, 3.8) is 0 Å². The predicted molar refractivity (Wildman–Crippen MR) is 127 cm³/mol. The number of para-hydroxylation sites is 4. The summed E-state index contributed by atoms with van der Waals surface area (Å²) < 4.78 is 8.31. The highest BCUT2D eigenvalue weighted by Gasteiger charge is 2.35. The van der Waals surface area contributed by atoms with Gasteiger partial charge in [0.15, 0.2) is 0 Å². The van der Waals surface area contributed by atoms with E-state index < -0.39 is 0 Å². The number of anilines is 1. The first kappa shape index (κ1) is 20.3. The molecule has 0 unspecified atom stereocenters. The number of imidazole rings is 1. The van der Waals surface area contributed by atoms with Crippen LogP contribution in [0, 0.1) is 13.8 Å². The number of carbonyl (C=O) groups is 1. The Morgan fingerprint density at radius 3 is 2.47 bits per heavy atom. The quantitative estimate of drug-likeness (QED) is 0.424. The zero-order chi connectivity index (χ0) is 22.1. The maximum absolute atomic E-state index is 12.9. The van der Waals surface area contributed by atoms with Crippen molar-refractivity contribution < 1.29 is 9.53 Å². The standard InChI is InChI=1S/C27H27N3O2/c1-19-9-3-6-12-23(19)30-18-21(17-26(30)31)27-28-22-11-5-7-13-24(22)29(27)15-16-32-25-14-8-4-10-20(25)2/h3-14,21H,15-18H2,1-2H3/t21-/m0/s1. The Morgan fingerprint density at radius 2 is 1.66 bits per heavy atom. The first-order valence-electron chi connectivity index (χ1n) is 11.1. The van der Waals surface area contributed by atoms with Gasteiger partial charge in [-0.05, 0) is 49.2 Å². The average molecular weight is 426 g/mol. The molecule has 1 saturated heterocycles. The highest BCUT2D eigenvalue weighted by Crippen LogP contribution is 2.34. The number of nitrogens with zero attached hydrogens (tertiary/aromatic N) is 3. The van der Waals surface area contributed by atoms with Crippen LogP contribution in [0.25, 0.3) is 11.0 Å². The molecule has 0 saturated carbocycles. The largest absolute Gasteiger partial charge is 0.491 e. The second kappa shape index (κ2) is 8.50. The number of hydrogen-bond acceptors (Lipinski definition) is 3. The van der Waals surface area contributed by atoms with E-state index in [0.29, 0.717) is 26.1 Å². The molecule has 1 fully saturated rings. The Balaban J connectivity index is 1.42. The average Bonchev–Trinajstić information content (AvgIpc) is 3.36. The van der Waals surface area contributed by atoms with Crippen molar-refractivity contribution in [2.24, 2.45) is 0 Å². The topological polar surface area (TPSA) is 47.4 Å². The van der Waals surface area contributed by atoms with Crippen molar-refractivity contribution in [1.29, 1.82) is 0 Å². The van der Waals surface area contributed by atoms with Gasteiger partial charge in [-0.2, -0.15) is 0 Å². The van der Waals surface area contributed by atoms with Gasteiger partial charge in [-0.15, -0.1) is 0 Å². The molecular formula is C27H27N3O2. The fourth-order valence-corrected chi connectivity index (χ4v) is 4.59. The molecule has 0 radical (unpaired) electrons. The molecule has 0 N–H and O–H groups in total. The van der Waals surface area contributed by atoms with Crippen LogP contribution in [0.5, 0.6) is 5.75 Å². The highest BCUT2D eigenvalue weighted by atomic mass is 16.5. The molecule has 2 heterocycles. The van der Waals surface area contributed by atoms with Gasteiger partial charge in [-0.25, -0.2) is 4.98 Å². The molecular weight excluding hydrogens is 398 g/mol. The maximum atomic E-state index is 12.9. The van der Waals surface area contributed by atoms with Crippen molar-refractivity contribution in [2.45, 2.75) is 32.7 Å². The summed E-state index contributed by atoms with van der Waals surface area (Å²) in [4.78, 5) is 19.8. The number of fused-ring (bicyclic) bond motifs is 1. The summed E-state index contributed by atoms with van der Waals surface area (Å²) in [6.07, 6.45) is 0.469. The zero-order valence-corrected chi connectivity index (χ0v) is 18.5. The molecule has 1 aliphatic rings. The van der Waals surface area contributed by atoms with Crippen molar-refractivity contribution in [2.75, 3.05) is 18.1 Å². The van der Waals surface area contributed by atoms with Gasteiger partial charge in [0.25, 0.3) is 0 Å². The van der Waals surface area contributed by atoms with Crippen LogP contribution in [0.1, 0.15) is 29.3 Å². The number of carbonyl (C=O) groups excluding carboxylic acids is 1. The first-order chi connectivity index (χ1) is 15.6. The Morgan fingerprint density at radius 1 is 0.938 bits per heavy atom. The number of hydrogen-bond donors (Lipinski definition) is 0. The molecule has 0 bridgehead atoms. The van der Waals surface area contributed by atoms with E-state index in [1.165, 1.54) is 0 Å². The molecule has 3 aromatic carbocycles. The minimum absolute atomic E-state index is 0.0490. The molecule has 0 aliphatic carbocycles. The molecule has 4 aromatic rings. The van der Waals surface area contributed by atoms with E-state index in [9.17, 15) is 4.79 Å². The van der Waals surface area contributed by atoms with Crippen LogP contribution in [0.3, 0.4) is 0 Å². The lowest BCUT2D eigenvalue weighted by Crippen LogP contribution is -2.25. The van der Waals surface area contributed by atoms with Gasteiger partial charge in [0.2, 0.25) is 5.91 Å². The van der Waals surface area contributed by atoms with Crippen molar-refractivity contribution in [3.05, 3.63) is 89.7 Å². The van der Waals surface area contributed by atoms with E-state index in [4.69, 9.17) is 9.72 Å². The van der Waals surface area contributed by atoms with Gasteiger partial charge in [0, 0.05) is 24.6 Å². The van der Waals surface area contributed by atoms with Crippen molar-refractivity contribution in [1.82, 2.24) is 9.55 Å². The number of aromatic nitrogens is 2. The molecule has 1 amide bonds. The van der Waals surface area contributed by atoms with Crippen LogP contribution in [-0.2, 0) is 11.3 Å². The molecule has 5 heteroatoms. The second-order valence-corrected chi connectivity index (χ2v) is 8.42. The monoisotopic (exact) mass is 425 g/mol. The Labute approximate surface area is 188 Å². The minimum Gasteiger partial charge on any atom is -0.491 e. The highest BCUT2D eigenvalue weighted by molar-refractivity contribution is 5.97. The van der Waals surface area contributed by atoms with E-state index in [-0.39, 0.29) is 11.8 Å².